The Balaban J connectivity index is 3.30. The van der Waals surface area contributed by atoms with Gasteiger partial charge in [0.1, 0.15) is 10.0 Å². The van der Waals surface area contributed by atoms with Crippen molar-refractivity contribution in [3.05, 3.63) is 10.9 Å². The second kappa shape index (κ2) is 3.65. The highest BCUT2D eigenvalue weighted by Crippen LogP contribution is 1.90. The van der Waals surface area contributed by atoms with E-state index in [1.165, 1.54) is 5.41 Å². The maximum absolute atomic E-state index is 9.75. The van der Waals surface area contributed by atoms with Crippen molar-refractivity contribution < 1.29 is 4.21 Å². The van der Waals surface area contributed by atoms with Crippen LogP contribution in [0.4, 0.5) is 0 Å². The summed E-state index contributed by atoms with van der Waals surface area (Å²) in [5.74, 6) is 0. The third-order valence-corrected chi connectivity index (χ3v) is 1.09. The van der Waals surface area contributed by atoms with Gasteiger partial charge in [0.05, 0.1) is 0 Å². The van der Waals surface area contributed by atoms with Gasteiger partial charge in [0.2, 0.25) is 0 Å². The molecule has 0 radical (unpaired) electrons. The third kappa shape index (κ3) is 4.47. The fourth-order valence-electron chi connectivity index (χ4n) is 0.0404. The van der Waals surface area contributed by atoms with E-state index in [4.69, 9.17) is 22.3 Å². The van der Waals surface area contributed by atoms with E-state index in [-0.39, 0.29) is 0 Å². The van der Waals surface area contributed by atoms with E-state index < -0.39 is 10.0 Å². The van der Waals surface area contributed by atoms with Gasteiger partial charge in [-0.1, -0.05) is 11.6 Å². The SMILES string of the molecule is O=S(Cl)/C=C/Cl. The molecule has 0 aliphatic rings. The standard InChI is InChI=1S/C2H2Cl2OS/c3-1-2-6(4)5/h1-2H/b2-1+. The molecule has 36 valence electrons. The lowest BCUT2D eigenvalue weighted by molar-refractivity contribution is 0.695. The quantitative estimate of drug-likeness (QED) is 0.512. The molecule has 1 atom stereocenters. The molecule has 0 aliphatic heterocycles. The van der Waals surface area contributed by atoms with Crippen LogP contribution in [-0.4, -0.2) is 4.21 Å². The van der Waals surface area contributed by atoms with Crippen molar-refractivity contribution in [2.45, 2.75) is 0 Å². The summed E-state index contributed by atoms with van der Waals surface area (Å²) in [5, 5.41) is 1.17. The molecule has 0 rings (SSSR count). The van der Waals surface area contributed by atoms with Crippen molar-refractivity contribution in [1.29, 1.82) is 0 Å². The van der Waals surface area contributed by atoms with Crippen LogP contribution in [0.25, 0.3) is 0 Å². The van der Waals surface area contributed by atoms with Gasteiger partial charge in [0.25, 0.3) is 0 Å². The summed E-state index contributed by atoms with van der Waals surface area (Å²) in [7, 11) is 3.47. The summed E-state index contributed by atoms with van der Waals surface area (Å²) in [4.78, 5) is 0. The molecule has 0 bridgehead atoms. The molecule has 0 saturated carbocycles. The molecular weight excluding hydrogens is 143 g/mol. The number of hydrogen-bond donors (Lipinski definition) is 0. The Morgan fingerprint density at radius 1 is 1.67 bits per heavy atom. The maximum Gasteiger partial charge on any atom is 0.141 e. The van der Waals surface area contributed by atoms with Gasteiger partial charge in [-0.3, -0.25) is 0 Å². The molecule has 1 nitrogen and oxygen atoms in total. The van der Waals surface area contributed by atoms with Gasteiger partial charge >= 0.3 is 0 Å². The van der Waals surface area contributed by atoms with E-state index in [1.807, 2.05) is 0 Å². The summed E-state index contributed by atoms with van der Waals surface area (Å²) in [6.07, 6.45) is 0. The Morgan fingerprint density at radius 3 is 2.17 bits per heavy atom. The van der Waals surface area contributed by atoms with Gasteiger partial charge < -0.3 is 0 Å². The normalized spacial score (nSPS) is 15.7. The monoisotopic (exact) mass is 144 g/mol. The molecule has 0 aromatic rings. The van der Waals surface area contributed by atoms with Crippen LogP contribution in [0.2, 0.25) is 0 Å². The van der Waals surface area contributed by atoms with E-state index in [0.29, 0.717) is 0 Å². The van der Waals surface area contributed by atoms with E-state index in [9.17, 15) is 4.21 Å². The summed E-state index contributed by atoms with van der Waals surface area (Å²) in [5.41, 5.74) is 1.11. The van der Waals surface area contributed by atoms with Crippen LogP contribution in [-0.2, 0) is 10.0 Å². The molecule has 0 saturated heterocycles. The highest BCUT2D eigenvalue weighted by molar-refractivity contribution is 8.10. The van der Waals surface area contributed by atoms with Crippen molar-refractivity contribution in [2.24, 2.45) is 0 Å². The Morgan fingerprint density at radius 2 is 2.17 bits per heavy atom. The van der Waals surface area contributed by atoms with Crippen molar-refractivity contribution in [2.75, 3.05) is 0 Å². The van der Waals surface area contributed by atoms with Crippen molar-refractivity contribution >= 4 is 32.3 Å². The molecular formula is C2H2Cl2OS. The van der Waals surface area contributed by atoms with E-state index in [2.05, 4.69) is 0 Å². The molecule has 0 amide bonds. The lowest BCUT2D eigenvalue weighted by Crippen LogP contribution is -1.58. The molecule has 0 fully saturated rings. The van der Waals surface area contributed by atoms with Gasteiger partial charge in [-0.25, -0.2) is 4.21 Å². The van der Waals surface area contributed by atoms with Crippen LogP contribution in [0.5, 0.6) is 0 Å². The van der Waals surface area contributed by atoms with Crippen LogP contribution < -0.4 is 0 Å². The summed E-state index contributed by atoms with van der Waals surface area (Å²) >= 11 is 4.94. The average Bonchev–Trinajstić information content (AvgIpc) is 1.35. The van der Waals surface area contributed by atoms with Gasteiger partial charge in [-0.2, -0.15) is 0 Å². The predicted molar refractivity (Wildman–Crippen MR) is 29.0 cm³/mol. The summed E-state index contributed by atoms with van der Waals surface area (Å²) < 4.78 is 9.75. The lowest BCUT2D eigenvalue weighted by Gasteiger charge is -1.65. The zero-order chi connectivity index (χ0) is 4.99. The minimum Gasteiger partial charge on any atom is -0.238 e. The first-order valence-electron chi connectivity index (χ1n) is 1.11. The first-order chi connectivity index (χ1) is 2.77. The van der Waals surface area contributed by atoms with Crippen LogP contribution >= 0.6 is 22.3 Å². The van der Waals surface area contributed by atoms with Crippen LogP contribution in [0.3, 0.4) is 0 Å². The first kappa shape index (κ1) is 6.47. The Kier molecular flexibility index (Phi) is 3.94. The zero-order valence-corrected chi connectivity index (χ0v) is 5.06. The van der Waals surface area contributed by atoms with Gasteiger partial charge in [0, 0.05) is 10.9 Å². The molecule has 0 spiro atoms. The smallest absolute Gasteiger partial charge is 0.141 e. The Hall–Kier alpha value is 0.470. The second-order valence-corrected chi connectivity index (χ2v) is 2.44. The maximum atomic E-state index is 9.75. The van der Waals surface area contributed by atoms with Gasteiger partial charge in [-0.15, -0.1) is 0 Å². The highest BCUT2D eigenvalue weighted by Gasteiger charge is 1.74. The van der Waals surface area contributed by atoms with Crippen molar-refractivity contribution in [1.82, 2.24) is 0 Å². The number of hydrogen-bond acceptors (Lipinski definition) is 1. The minimum absolute atomic E-state index is 1.11. The van der Waals surface area contributed by atoms with Gasteiger partial charge in [0.15, 0.2) is 0 Å². The highest BCUT2D eigenvalue weighted by atomic mass is 35.7. The molecule has 0 heterocycles. The summed E-state index contributed by atoms with van der Waals surface area (Å²) in [6, 6.07) is 0. The van der Waals surface area contributed by atoms with Crippen molar-refractivity contribution in [3.63, 3.8) is 0 Å². The Labute approximate surface area is 47.9 Å². The average molecular weight is 145 g/mol. The molecule has 0 aromatic heterocycles. The number of rotatable bonds is 1. The fourth-order valence-corrected chi connectivity index (χ4v) is 0.714. The molecule has 4 heteroatoms. The molecule has 0 aliphatic carbocycles. The lowest BCUT2D eigenvalue weighted by atomic mass is 11.3. The fraction of sp³-hybridized carbons (Fsp3) is 0. The zero-order valence-electron chi connectivity index (χ0n) is 2.73. The van der Waals surface area contributed by atoms with E-state index in [1.54, 1.807) is 0 Å². The molecule has 0 N–H and O–H groups in total. The second-order valence-electron chi connectivity index (χ2n) is 0.510. The molecule has 1 unspecified atom stereocenters. The summed E-state index contributed by atoms with van der Waals surface area (Å²) in [6.45, 7) is 0. The third-order valence-electron chi connectivity index (χ3n) is 0.158. The van der Waals surface area contributed by atoms with Crippen molar-refractivity contribution in [3.8, 4) is 0 Å². The minimum atomic E-state index is -1.41. The van der Waals surface area contributed by atoms with Gasteiger partial charge in [-0.05, 0) is 10.7 Å². The van der Waals surface area contributed by atoms with E-state index in [0.717, 1.165) is 5.54 Å². The topological polar surface area (TPSA) is 17.1 Å². The Bertz CT molecular complexity index is 79.6. The van der Waals surface area contributed by atoms with Crippen LogP contribution in [0.1, 0.15) is 0 Å². The largest absolute Gasteiger partial charge is 0.238 e. The first-order valence-corrected chi connectivity index (χ1v) is 3.58. The number of halogens is 2. The van der Waals surface area contributed by atoms with E-state index >= 15 is 0 Å². The molecule has 6 heavy (non-hydrogen) atoms. The van der Waals surface area contributed by atoms with Crippen LogP contribution in [0.15, 0.2) is 10.9 Å². The predicted octanol–water partition coefficient (Wildman–Crippen LogP) is 1.60. The van der Waals surface area contributed by atoms with Crippen LogP contribution in [0, 0.1) is 0 Å². The molecule has 0 aromatic carbocycles.